The zero-order valence-electron chi connectivity index (χ0n) is 7.59. The van der Waals surface area contributed by atoms with Crippen LogP contribution in [0.3, 0.4) is 0 Å². The Hall–Kier alpha value is -1.54. The van der Waals surface area contributed by atoms with Gasteiger partial charge in [0.05, 0.1) is 5.56 Å². The van der Waals surface area contributed by atoms with Crippen molar-refractivity contribution in [1.82, 2.24) is 4.98 Å². The summed E-state index contributed by atoms with van der Waals surface area (Å²) in [6.07, 6.45) is -2.91. The number of hydrogen-bond acceptors (Lipinski definition) is 3. The fourth-order valence-corrected chi connectivity index (χ4v) is 1.20. The third-order valence-electron chi connectivity index (χ3n) is 1.76. The van der Waals surface area contributed by atoms with Crippen molar-refractivity contribution >= 4 is 16.8 Å². The van der Waals surface area contributed by atoms with Crippen molar-refractivity contribution in [2.45, 2.75) is 13.3 Å². The van der Waals surface area contributed by atoms with Crippen LogP contribution in [0.1, 0.15) is 33.7 Å². The maximum atomic E-state index is 12.5. The molecular formula is C9H5ClF2N2O. The number of rotatable bonds is 2. The molecule has 0 N–H and O–H groups in total. The van der Waals surface area contributed by atoms with E-state index in [0.29, 0.717) is 0 Å². The second-order valence-electron chi connectivity index (χ2n) is 2.77. The SMILES string of the molecule is Cc1cc(C(=O)Cl)nc(C(F)F)c1C#N. The summed E-state index contributed by atoms with van der Waals surface area (Å²) >= 11 is 5.12. The van der Waals surface area contributed by atoms with Crippen LogP contribution in [-0.4, -0.2) is 10.2 Å². The average Bonchev–Trinajstić information content (AvgIpc) is 2.16. The molecule has 0 saturated heterocycles. The van der Waals surface area contributed by atoms with E-state index in [1.165, 1.54) is 13.0 Å². The van der Waals surface area contributed by atoms with Crippen LogP contribution in [0, 0.1) is 18.3 Å². The van der Waals surface area contributed by atoms with Crippen molar-refractivity contribution in [1.29, 1.82) is 5.26 Å². The molecule has 78 valence electrons. The summed E-state index contributed by atoms with van der Waals surface area (Å²) in [7, 11) is 0. The van der Waals surface area contributed by atoms with Gasteiger partial charge in [-0.05, 0) is 30.2 Å². The molecule has 0 saturated carbocycles. The van der Waals surface area contributed by atoms with Gasteiger partial charge < -0.3 is 0 Å². The molecule has 0 bridgehead atoms. The van der Waals surface area contributed by atoms with Crippen LogP contribution < -0.4 is 0 Å². The quantitative estimate of drug-likeness (QED) is 0.734. The number of pyridine rings is 1. The summed E-state index contributed by atoms with van der Waals surface area (Å²) in [5.74, 6) is 0. The van der Waals surface area contributed by atoms with Crippen molar-refractivity contribution in [3.8, 4) is 6.07 Å². The highest BCUT2D eigenvalue weighted by atomic mass is 35.5. The molecule has 0 aliphatic rings. The predicted molar refractivity (Wildman–Crippen MR) is 48.8 cm³/mol. The molecule has 0 unspecified atom stereocenters. The molecule has 1 aromatic rings. The third-order valence-corrected chi connectivity index (χ3v) is 1.96. The standard InChI is InChI=1S/C9H5ClF2N2O/c1-4-2-6(8(10)15)14-7(9(11)12)5(4)3-13/h2,9H,1H3. The van der Waals surface area contributed by atoms with Crippen molar-refractivity contribution in [2.75, 3.05) is 0 Å². The van der Waals surface area contributed by atoms with Gasteiger partial charge in [0.1, 0.15) is 17.5 Å². The van der Waals surface area contributed by atoms with E-state index in [9.17, 15) is 13.6 Å². The number of alkyl halides is 2. The molecule has 0 amide bonds. The van der Waals surface area contributed by atoms with E-state index in [-0.39, 0.29) is 16.8 Å². The highest BCUT2D eigenvalue weighted by molar-refractivity contribution is 6.67. The van der Waals surface area contributed by atoms with Crippen LogP contribution in [0.5, 0.6) is 0 Å². The lowest BCUT2D eigenvalue weighted by molar-refractivity contribution is 0.107. The van der Waals surface area contributed by atoms with Crippen LogP contribution in [0.2, 0.25) is 0 Å². The fourth-order valence-electron chi connectivity index (χ4n) is 1.10. The summed E-state index contributed by atoms with van der Waals surface area (Å²) in [6, 6.07) is 2.82. The maximum absolute atomic E-state index is 12.5. The Balaban J connectivity index is 3.47. The second-order valence-corrected chi connectivity index (χ2v) is 3.11. The van der Waals surface area contributed by atoms with Crippen LogP contribution in [0.25, 0.3) is 0 Å². The Bertz CT molecular complexity index is 454. The molecule has 0 spiro atoms. The summed E-state index contributed by atoms with van der Waals surface area (Å²) in [5, 5.41) is 7.71. The smallest absolute Gasteiger partial charge is 0.274 e. The molecule has 1 rings (SSSR count). The topological polar surface area (TPSA) is 53.8 Å². The summed E-state index contributed by atoms with van der Waals surface area (Å²) < 4.78 is 24.9. The lowest BCUT2D eigenvalue weighted by Gasteiger charge is -2.06. The number of carbonyl (C=O) groups is 1. The molecule has 0 aliphatic heterocycles. The zero-order chi connectivity index (χ0) is 11.6. The molecular weight excluding hydrogens is 226 g/mol. The van der Waals surface area contributed by atoms with Crippen molar-refractivity contribution in [3.05, 3.63) is 28.6 Å². The first-order valence-electron chi connectivity index (χ1n) is 3.87. The fraction of sp³-hybridized carbons (Fsp3) is 0.222. The van der Waals surface area contributed by atoms with Crippen LogP contribution in [-0.2, 0) is 0 Å². The van der Waals surface area contributed by atoms with Gasteiger partial charge in [0.25, 0.3) is 11.7 Å². The number of halogens is 3. The van der Waals surface area contributed by atoms with Gasteiger partial charge in [-0.3, -0.25) is 4.79 Å². The Morgan fingerprint density at radius 1 is 1.67 bits per heavy atom. The van der Waals surface area contributed by atoms with Gasteiger partial charge in [0.2, 0.25) is 0 Å². The Morgan fingerprint density at radius 3 is 2.67 bits per heavy atom. The molecule has 0 atom stereocenters. The number of hydrogen-bond donors (Lipinski definition) is 0. The maximum Gasteiger partial charge on any atom is 0.281 e. The molecule has 6 heteroatoms. The van der Waals surface area contributed by atoms with Crippen molar-refractivity contribution in [2.24, 2.45) is 0 Å². The minimum Gasteiger partial charge on any atom is -0.274 e. The Kier molecular flexibility index (Phi) is 3.32. The molecule has 0 fully saturated rings. The highest BCUT2D eigenvalue weighted by Crippen LogP contribution is 2.23. The Morgan fingerprint density at radius 2 is 2.27 bits per heavy atom. The first-order valence-corrected chi connectivity index (χ1v) is 4.24. The van der Waals surface area contributed by atoms with Gasteiger partial charge in [-0.25, -0.2) is 13.8 Å². The monoisotopic (exact) mass is 230 g/mol. The highest BCUT2D eigenvalue weighted by Gasteiger charge is 2.19. The van der Waals surface area contributed by atoms with E-state index in [1.54, 1.807) is 6.07 Å². The van der Waals surface area contributed by atoms with E-state index in [2.05, 4.69) is 4.98 Å². The molecule has 1 heterocycles. The number of aromatic nitrogens is 1. The van der Waals surface area contributed by atoms with Crippen LogP contribution in [0.15, 0.2) is 6.07 Å². The number of aryl methyl sites for hydroxylation is 1. The molecule has 0 radical (unpaired) electrons. The first kappa shape index (κ1) is 11.5. The first-order chi connectivity index (χ1) is 6.97. The van der Waals surface area contributed by atoms with Crippen LogP contribution in [0.4, 0.5) is 8.78 Å². The van der Waals surface area contributed by atoms with Gasteiger partial charge in [0, 0.05) is 0 Å². The van der Waals surface area contributed by atoms with Gasteiger partial charge in [-0.15, -0.1) is 0 Å². The molecule has 1 aromatic heterocycles. The van der Waals surface area contributed by atoms with Gasteiger partial charge in [-0.1, -0.05) is 0 Å². The van der Waals surface area contributed by atoms with Crippen molar-refractivity contribution in [3.63, 3.8) is 0 Å². The van der Waals surface area contributed by atoms with Gasteiger partial charge in [0.15, 0.2) is 0 Å². The van der Waals surface area contributed by atoms with E-state index in [0.717, 1.165) is 0 Å². The summed E-state index contributed by atoms with van der Waals surface area (Å²) in [4.78, 5) is 14.1. The molecule has 3 nitrogen and oxygen atoms in total. The predicted octanol–water partition coefficient (Wildman–Crippen LogP) is 2.58. The van der Waals surface area contributed by atoms with Gasteiger partial charge >= 0.3 is 0 Å². The molecule has 0 aliphatic carbocycles. The summed E-state index contributed by atoms with van der Waals surface area (Å²) in [5.41, 5.74) is -0.941. The lowest BCUT2D eigenvalue weighted by atomic mass is 10.1. The van der Waals surface area contributed by atoms with E-state index in [4.69, 9.17) is 16.9 Å². The third kappa shape index (κ3) is 2.28. The Labute approximate surface area is 89.3 Å². The molecule has 0 aromatic carbocycles. The number of nitrogens with zero attached hydrogens (tertiary/aromatic N) is 2. The second kappa shape index (κ2) is 4.32. The van der Waals surface area contributed by atoms with E-state index >= 15 is 0 Å². The minimum absolute atomic E-state index is 0.216. The average molecular weight is 231 g/mol. The van der Waals surface area contributed by atoms with E-state index in [1.807, 2.05) is 0 Å². The zero-order valence-corrected chi connectivity index (χ0v) is 8.35. The lowest BCUT2D eigenvalue weighted by Crippen LogP contribution is -2.04. The van der Waals surface area contributed by atoms with Crippen LogP contribution >= 0.6 is 11.6 Å². The van der Waals surface area contributed by atoms with E-state index < -0.39 is 17.4 Å². The van der Waals surface area contributed by atoms with Gasteiger partial charge in [-0.2, -0.15) is 5.26 Å². The normalized spacial score (nSPS) is 10.1. The number of nitriles is 1. The minimum atomic E-state index is -2.91. The largest absolute Gasteiger partial charge is 0.281 e. The molecule has 15 heavy (non-hydrogen) atoms. The summed E-state index contributed by atoms with van der Waals surface area (Å²) in [6.45, 7) is 1.44. The van der Waals surface area contributed by atoms with Crippen molar-refractivity contribution < 1.29 is 13.6 Å². The number of carbonyl (C=O) groups excluding carboxylic acids is 1.